The molecular formula is C20H19N5O3. The number of carbonyl (C=O) groups is 2. The molecule has 0 fully saturated rings. The van der Waals surface area contributed by atoms with Gasteiger partial charge in [-0.2, -0.15) is 0 Å². The van der Waals surface area contributed by atoms with E-state index in [1.54, 1.807) is 36.4 Å². The van der Waals surface area contributed by atoms with Crippen LogP contribution in [0.15, 0.2) is 66.7 Å². The molecule has 0 aliphatic carbocycles. The lowest BCUT2D eigenvalue weighted by Gasteiger charge is -2.09. The van der Waals surface area contributed by atoms with Crippen molar-refractivity contribution in [2.75, 3.05) is 22.6 Å². The summed E-state index contributed by atoms with van der Waals surface area (Å²) in [6, 6.07) is 19.6. The summed E-state index contributed by atoms with van der Waals surface area (Å²) >= 11 is 0. The van der Waals surface area contributed by atoms with Gasteiger partial charge < -0.3 is 20.7 Å². The molecule has 0 aliphatic rings. The van der Waals surface area contributed by atoms with Gasteiger partial charge in [-0.05, 0) is 42.5 Å². The second kappa shape index (κ2) is 9.13. The van der Waals surface area contributed by atoms with Crippen molar-refractivity contribution in [1.29, 1.82) is 0 Å². The average Bonchev–Trinajstić information content (AvgIpc) is 2.68. The highest BCUT2D eigenvalue weighted by atomic mass is 16.5. The zero-order valence-corrected chi connectivity index (χ0v) is 15.2. The lowest BCUT2D eigenvalue weighted by Crippen LogP contribution is -2.21. The van der Waals surface area contributed by atoms with Crippen molar-refractivity contribution in [2.24, 2.45) is 0 Å². The normalized spacial score (nSPS) is 10.0. The van der Waals surface area contributed by atoms with E-state index in [9.17, 15) is 9.59 Å². The largest absolute Gasteiger partial charge is 0.484 e. The number of ether oxygens (including phenoxy) is 1. The summed E-state index contributed by atoms with van der Waals surface area (Å²) in [7, 11) is 0. The molecular weight excluding hydrogens is 358 g/mol. The Morgan fingerprint density at radius 3 is 2.29 bits per heavy atom. The van der Waals surface area contributed by atoms with Crippen LogP contribution in [-0.2, 0) is 9.59 Å². The number of hydrogen-bond acceptors (Lipinski definition) is 6. The molecule has 2 aromatic carbocycles. The van der Waals surface area contributed by atoms with Crippen molar-refractivity contribution in [3.05, 3.63) is 66.7 Å². The molecule has 28 heavy (non-hydrogen) atoms. The molecule has 0 atom stereocenters. The zero-order chi connectivity index (χ0) is 19.8. The Morgan fingerprint density at radius 1 is 0.857 bits per heavy atom. The van der Waals surface area contributed by atoms with Crippen molar-refractivity contribution < 1.29 is 14.3 Å². The Kier molecular flexibility index (Phi) is 6.14. The van der Waals surface area contributed by atoms with Gasteiger partial charge in [-0.1, -0.05) is 24.3 Å². The van der Waals surface area contributed by atoms with Gasteiger partial charge in [0.05, 0.1) is 0 Å². The van der Waals surface area contributed by atoms with Gasteiger partial charge in [-0.15, -0.1) is 10.2 Å². The smallest absolute Gasteiger partial charge is 0.263 e. The van der Waals surface area contributed by atoms with Crippen molar-refractivity contribution in [1.82, 2.24) is 10.2 Å². The summed E-state index contributed by atoms with van der Waals surface area (Å²) < 4.78 is 5.38. The molecule has 8 nitrogen and oxygen atoms in total. The van der Waals surface area contributed by atoms with Crippen LogP contribution in [0, 0.1) is 0 Å². The number of rotatable bonds is 7. The van der Waals surface area contributed by atoms with Crippen molar-refractivity contribution in [2.45, 2.75) is 6.92 Å². The predicted octanol–water partition coefficient (Wildman–Crippen LogP) is 3.20. The second-order valence-electron chi connectivity index (χ2n) is 5.84. The molecule has 0 saturated heterocycles. The van der Waals surface area contributed by atoms with Gasteiger partial charge in [0, 0.05) is 18.3 Å². The van der Waals surface area contributed by atoms with E-state index < -0.39 is 0 Å². The van der Waals surface area contributed by atoms with Crippen LogP contribution in [0.4, 0.5) is 23.0 Å². The van der Waals surface area contributed by atoms with E-state index in [1.807, 2.05) is 30.3 Å². The number of amides is 2. The van der Waals surface area contributed by atoms with E-state index in [1.165, 1.54) is 6.92 Å². The first-order valence-corrected chi connectivity index (χ1v) is 8.54. The Hall–Kier alpha value is -3.94. The first kappa shape index (κ1) is 18.8. The van der Waals surface area contributed by atoms with Gasteiger partial charge in [0.1, 0.15) is 5.75 Å². The fourth-order valence-electron chi connectivity index (χ4n) is 2.34. The Morgan fingerprint density at radius 2 is 1.57 bits per heavy atom. The van der Waals surface area contributed by atoms with Gasteiger partial charge in [0.2, 0.25) is 5.91 Å². The Bertz CT molecular complexity index is 946. The molecule has 0 spiro atoms. The molecule has 3 aromatic rings. The second-order valence-corrected chi connectivity index (χ2v) is 5.84. The van der Waals surface area contributed by atoms with Crippen molar-refractivity contribution in [3.8, 4) is 5.75 Å². The summed E-state index contributed by atoms with van der Waals surface area (Å²) in [6.45, 7) is 1.32. The molecule has 0 saturated carbocycles. The minimum atomic E-state index is -0.332. The topological polar surface area (TPSA) is 105 Å². The first-order chi connectivity index (χ1) is 13.6. The van der Waals surface area contributed by atoms with Crippen LogP contribution in [0.5, 0.6) is 5.75 Å². The monoisotopic (exact) mass is 377 g/mol. The third-order valence-corrected chi connectivity index (χ3v) is 3.50. The number of anilines is 4. The van der Waals surface area contributed by atoms with E-state index in [0.29, 0.717) is 23.1 Å². The van der Waals surface area contributed by atoms with Gasteiger partial charge >= 0.3 is 0 Å². The van der Waals surface area contributed by atoms with Crippen LogP contribution in [0.1, 0.15) is 6.92 Å². The van der Waals surface area contributed by atoms with Gasteiger partial charge in [-0.25, -0.2) is 0 Å². The molecule has 3 rings (SSSR count). The molecule has 142 valence electrons. The van der Waals surface area contributed by atoms with Crippen LogP contribution in [0.3, 0.4) is 0 Å². The number of carbonyl (C=O) groups excluding carboxylic acids is 2. The molecule has 0 aliphatic heterocycles. The number of nitrogens with one attached hydrogen (secondary N) is 3. The lowest BCUT2D eigenvalue weighted by molar-refractivity contribution is -0.118. The third-order valence-electron chi connectivity index (χ3n) is 3.50. The minimum absolute atomic E-state index is 0.123. The van der Waals surface area contributed by atoms with E-state index in [0.717, 1.165) is 5.69 Å². The minimum Gasteiger partial charge on any atom is -0.484 e. The zero-order valence-electron chi connectivity index (χ0n) is 15.2. The highest BCUT2D eigenvalue weighted by Gasteiger charge is 2.06. The van der Waals surface area contributed by atoms with E-state index in [4.69, 9.17) is 4.74 Å². The quantitative estimate of drug-likeness (QED) is 0.584. The number of para-hydroxylation sites is 1. The lowest BCUT2D eigenvalue weighted by atomic mass is 10.2. The van der Waals surface area contributed by atoms with Crippen LogP contribution >= 0.6 is 0 Å². The highest BCUT2D eigenvalue weighted by Crippen LogP contribution is 2.19. The van der Waals surface area contributed by atoms with Gasteiger partial charge in [-0.3, -0.25) is 9.59 Å². The molecule has 8 heteroatoms. The van der Waals surface area contributed by atoms with Crippen LogP contribution in [-0.4, -0.2) is 28.6 Å². The molecule has 0 radical (unpaired) electrons. The number of hydrogen-bond donors (Lipinski definition) is 3. The summed E-state index contributed by atoms with van der Waals surface area (Å²) in [5, 5.41) is 16.4. The summed E-state index contributed by atoms with van der Waals surface area (Å²) in [6.07, 6.45) is 0. The summed E-state index contributed by atoms with van der Waals surface area (Å²) in [5.74, 6) is 0.956. The van der Waals surface area contributed by atoms with E-state index >= 15 is 0 Å². The fourth-order valence-corrected chi connectivity index (χ4v) is 2.34. The maximum Gasteiger partial charge on any atom is 0.263 e. The number of aromatic nitrogens is 2. The first-order valence-electron chi connectivity index (χ1n) is 8.54. The highest BCUT2D eigenvalue weighted by molar-refractivity contribution is 5.91. The SMILES string of the molecule is CC(=O)Nc1cccc(Nc2ccc(NC(=O)COc3ccccc3)nn2)c1. The third kappa shape index (κ3) is 5.80. The average molecular weight is 377 g/mol. The molecule has 3 N–H and O–H groups in total. The summed E-state index contributed by atoms with van der Waals surface area (Å²) in [4.78, 5) is 23.1. The molecule has 2 amide bonds. The number of benzene rings is 2. The Balaban J connectivity index is 1.53. The molecule has 0 bridgehead atoms. The Labute approximate surface area is 161 Å². The van der Waals surface area contributed by atoms with Crippen molar-refractivity contribution in [3.63, 3.8) is 0 Å². The summed E-state index contributed by atoms with van der Waals surface area (Å²) in [5.41, 5.74) is 1.42. The number of nitrogens with zero attached hydrogens (tertiary/aromatic N) is 2. The molecule has 0 unspecified atom stereocenters. The maximum absolute atomic E-state index is 11.9. The van der Waals surface area contributed by atoms with Crippen molar-refractivity contribution >= 4 is 34.8 Å². The fraction of sp³-hybridized carbons (Fsp3) is 0.100. The van der Waals surface area contributed by atoms with Crippen LogP contribution in [0.25, 0.3) is 0 Å². The molecule has 1 heterocycles. The van der Waals surface area contributed by atoms with Gasteiger partial charge in [0.25, 0.3) is 5.91 Å². The maximum atomic E-state index is 11.9. The van der Waals surface area contributed by atoms with Crippen LogP contribution < -0.4 is 20.7 Å². The molecule has 1 aromatic heterocycles. The van der Waals surface area contributed by atoms with E-state index in [2.05, 4.69) is 26.1 Å². The van der Waals surface area contributed by atoms with E-state index in [-0.39, 0.29) is 18.4 Å². The van der Waals surface area contributed by atoms with Gasteiger partial charge in [0.15, 0.2) is 18.2 Å². The standard InChI is InChI=1S/C20H19N5O3/c1-14(26)21-15-6-5-7-16(12-15)22-18-10-11-19(25-24-18)23-20(27)13-28-17-8-3-2-4-9-17/h2-12H,13H2,1H3,(H,21,26)(H,22,24)(H,23,25,27). The predicted molar refractivity (Wildman–Crippen MR) is 107 cm³/mol. The van der Waals surface area contributed by atoms with Crippen LogP contribution in [0.2, 0.25) is 0 Å².